The molecule has 0 heterocycles. The van der Waals surface area contributed by atoms with Crippen LogP contribution in [0.4, 0.5) is 11.4 Å². The van der Waals surface area contributed by atoms with Gasteiger partial charge >= 0.3 is 11.9 Å². The minimum absolute atomic E-state index is 0.00753. The Labute approximate surface area is 189 Å². The number of carbonyl (C=O) groups excluding carboxylic acids is 4. The highest BCUT2D eigenvalue weighted by Gasteiger charge is 2.24. The van der Waals surface area contributed by atoms with Crippen molar-refractivity contribution < 1.29 is 38.5 Å². The Kier molecular flexibility index (Phi) is 9.18. The number of Topliss-reactive ketones (excluding diaryl/α,β-unsaturated/α-hetero) is 1. The first-order valence-corrected chi connectivity index (χ1v) is 9.67. The number of aliphatic hydroxyl groups excluding tert-OH is 1. The van der Waals surface area contributed by atoms with Gasteiger partial charge in [0, 0.05) is 0 Å². The first-order chi connectivity index (χ1) is 15.8. The molecule has 0 bridgehead atoms. The second-order valence-electron chi connectivity index (χ2n) is 6.54. The third-order valence-corrected chi connectivity index (χ3v) is 4.18. The molecular weight excluding hydrogens is 434 g/mol. The van der Waals surface area contributed by atoms with E-state index >= 15 is 0 Å². The van der Waals surface area contributed by atoms with Crippen LogP contribution < -0.4 is 10.1 Å². The smallest absolute Gasteiger partial charge is 0.337 e. The van der Waals surface area contributed by atoms with Gasteiger partial charge in [0.2, 0.25) is 6.04 Å². The van der Waals surface area contributed by atoms with Crippen molar-refractivity contribution >= 4 is 35.0 Å². The van der Waals surface area contributed by atoms with E-state index < -0.39 is 29.7 Å². The molecule has 2 rings (SSSR count). The predicted octanol–water partition coefficient (Wildman–Crippen LogP) is 2.31. The zero-order chi connectivity index (χ0) is 24.4. The van der Waals surface area contributed by atoms with Gasteiger partial charge in [-0.05, 0) is 37.3 Å². The zero-order valence-corrected chi connectivity index (χ0v) is 18.2. The minimum Gasteiger partial charge on any atom is -0.489 e. The molecule has 0 fully saturated rings. The standard InChI is InChI=1S/C22H23N3O8/c1-13(27)19(20(28)23-17-6-4-5-7-18(17)33-9-8-26)25-24-16-11-14(21(29)31-2)10-15(12-16)22(30)32-3/h4-7,10-12,19,26H,8-9H2,1-3H3,(H,23,28). The van der Waals surface area contributed by atoms with Crippen LogP contribution in [0.2, 0.25) is 0 Å². The fraction of sp³-hybridized carbons (Fsp3) is 0.273. The van der Waals surface area contributed by atoms with E-state index in [9.17, 15) is 19.2 Å². The van der Waals surface area contributed by atoms with Crippen molar-refractivity contribution in [3.05, 3.63) is 53.6 Å². The van der Waals surface area contributed by atoms with Crippen molar-refractivity contribution in [3.8, 4) is 5.75 Å². The van der Waals surface area contributed by atoms with Gasteiger partial charge in [-0.25, -0.2) is 9.59 Å². The summed E-state index contributed by atoms with van der Waals surface area (Å²) in [6, 6.07) is 8.79. The van der Waals surface area contributed by atoms with Crippen LogP contribution in [0.5, 0.6) is 5.75 Å². The molecule has 2 aromatic rings. The van der Waals surface area contributed by atoms with Crippen LogP contribution in [0.3, 0.4) is 0 Å². The number of anilines is 1. The van der Waals surface area contributed by atoms with E-state index in [0.717, 1.165) is 0 Å². The molecular formula is C22H23N3O8. The Balaban J connectivity index is 2.32. The predicted molar refractivity (Wildman–Crippen MR) is 116 cm³/mol. The second-order valence-corrected chi connectivity index (χ2v) is 6.54. The van der Waals surface area contributed by atoms with Crippen molar-refractivity contribution in [2.24, 2.45) is 10.2 Å². The number of para-hydroxylation sites is 2. The summed E-state index contributed by atoms with van der Waals surface area (Å²) >= 11 is 0. The molecule has 2 N–H and O–H groups in total. The fourth-order valence-electron chi connectivity index (χ4n) is 2.64. The van der Waals surface area contributed by atoms with E-state index in [-0.39, 0.29) is 35.7 Å². The first kappa shape index (κ1) is 25.1. The maximum atomic E-state index is 12.7. The molecule has 0 aromatic heterocycles. The molecule has 11 heteroatoms. The lowest BCUT2D eigenvalue weighted by molar-refractivity contribution is -0.126. The Bertz CT molecular complexity index is 1030. The second kappa shape index (κ2) is 12.1. The zero-order valence-electron chi connectivity index (χ0n) is 18.2. The van der Waals surface area contributed by atoms with Gasteiger partial charge in [0.1, 0.15) is 12.4 Å². The highest BCUT2D eigenvalue weighted by molar-refractivity contribution is 6.10. The van der Waals surface area contributed by atoms with Crippen molar-refractivity contribution in [1.82, 2.24) is 0 Å². The summed E-state index contributed by atoms with van der Waals surface area (Å²) in [6.45, 7) is 0.967. The average molecular weight is 457 g/mol. The van der Waals surface area contributed by atoms with Gasteiger partial charge in [0.25, 0.3) is 5.91 Å². The molecule has 0 radical (unpaired) electrons. The van der Waals surface area contributed by atoms with Gasteiger partial charge in [0.05, 0.1) is 43.3 Å². The summed E-state index contributed by atoms with van der Waals surface area (Å²) in [7, 11) is 2.35. The number of ether oxygens (including phenoxy) is 3. The van der Waals surface area contributed by atoms with E-state index in [2.05, 4.69) is 25.0 Å². The normalized spacial score (nSPS) is 11.5. The summed E-state index contributed by atoms with van der Waals surface area (Å²) < 4.78 is 14.7. The summed E-state index contributed by atoms with van der Waals surface area (Å²) in [4.78, 5) is 48.6. The van der Waals surface area contributed by atoms with Gasteiger partial charge in [-0.3, -0.25) is 9.59 Å². The van der Waals surface area contributed by atoms with Gasteiger partial charge in [0.15, 0.2) is 5.78 Å². The third-order valence-electron chi connectivity index (χ3n) is 4.18. The first-order valence-electron chi connectivity index (χ1n) is 9.67. The van der Waals surface area contributed by atoms with E-state index in [1.54, 1.807) is 24.3 Å². The molecule has 1 unspecified atom stereocenters. The maximum Gasteiger partial charge on any atom is 0.337 e. The Morgan fingerprint density at radius 1 is 1.00 bits per heavy atom. The third kappa shape index (κ3) is 6.94. The molecule has 11 nitrogen and oxygen atoms in total. The number of rotatable bonds is 10. The van der Waals surface area contributed by atoms with Gasteiger partial charge in [-0.15, -0.1) is 0 Å². The van der Waals surface area contributed by atoms with Crippen LogP contribution in [-0.2, 0) is 19.1 Å². The number of azo groups is 1. The number of ketones is 1. The van der Waals surface area contributed by atoms with Crippen molar-refractivity contribution in [1.29, 1.82) is 0 Å². The summed E-state index contributed by atoms with van der Waals surface area (Å²) in [6.07, 6.45) is 0. The monoisotopic (exact) mass is 457 g/mol. The molecule has 174 valence electrons. The summed E-state index contributed by atoms with van der Waals surface area (Å²) in [5.74, 6) is -2.52. The number of hydrogen-bond donors (Lipinski definition) is 2. The Morgan fingerprint density at radius 2 is 1.61 bits per heavy atom. The SMILES string of the molecule is COC(=O)c1cc(N=NC(C(C)=O)C(=O)Nc2ccccc2OCCO)cc(C(=O)OC)c1. The van der Waals surface area contributed by atoms with Gasteiger partial charge < -0.3 is 24.6 Å². The summed E-state index contributed by atoms with van der Waals surface area (Å²) in [5, 5.41) is 19.2. The number of carbonyl (C=O) groups is 4. The van der Waals surface area contributed by atoms with Crippen LogP contribution in [0.15, 0.2) is 52.7 Å². The van der Waals surface area contributed by atoms with E-state index in [0.29, 0.717) is 5.75 Å². The van der Waals surface area contributed by atoms with E-state index in [1.807, 2.05) is 0 Å². The number of hydrogen-bond acceptors (Lipinski definition) is 10. The van der Waals surface area contributed by atoms with E-state index in [4.69, 9.17) is 9.84 Å². The quantitative estimate of drug-likeness (QED) is 0.313. The van der Waals surface area contributed by atoms with Crippen LogP contribution in [0.1, 0.15) is 27.6 Å². The maximum absolute atomic E-state index is 12.7. The van der Waals surface area contributed by atoms with Gasteiger partial charge in [-0.2, -0.15) is 10.2 Å². The van der Waals surface area contributed by atoms with Gasteiger partial charge in [-0.1, -0.05) is 12.1 Å². The highest BCUT2D eigenvalue weighted by Crippen LogP contribution is 2.25. The number of aliphatic hydroxyl groups is 1. The van der Waals surface area contributed by atoms with Crippen LogP contribution >= 0.6 is 0 Å². The fourth-order valence-corrected chi connectivity index (χ4v) is 2.64. The number of benzene rings is 2. The van der Waals surface area contributed by atoms with Crippen LogP contribution in [-0.4, -0.2) is 62.2 Å². The van der Waals surface area contributed by atoms with E-state index in [1.165, 1.54) is 39.3 Å². The van der Waals surface area contributed by atoms with Crippen molar-refractivity contribution in [2.45, 2.75) is 13.0 Å². The van der Waals surface area contributed by atoms with Crippen LogP contribution in [0.25, 0.3) is 0 Å². The Hall–Kier alpha value is -4.12. The minimum atomic E-state index is -1.51. The molecule has 1 amide bonds. The Morgan fingerprint density at radius 3 is 2.15 bits per heavy atom. The topological polar surface area (TPSA) is 153 Å². The molecule has 0 aliphatic carbocycles. The molecule has 0 aliphatic heterocycles. The number of nitrogens with zero attached hydrogens (tertiary/aromatic N) is 2. The number of esters is 2. The largest absolute Gasteiger partial charge is 0.489 e. The number of amides is 1. The van der Waals surface area contributed by atoms with Crippen molar-refractivity contribution in [3.63, 3.8) is 0 Å². The number of nitrogens with one attached hydrogen (secondary N) is 1. The lowest BCUT2D eigenvalue weighted by atomic mass is 10.1. The van der Waals surface area contributed by atoms with Crippen LogP contribution in [0, 0.1) is 0 Å². The number of methoxy groups -OCH3 is 2. The molecule has 33 heavy (non-hydrogen) atoms. The highest BCUT2D eigenvalue weighted by atomic mass is 16.5. The molecule has 2 aromatic carbocycles. The molecule has 1 atom stereocenters. The van der Waals surface area contributed by atoms with Crippen molar-refractivity contribution in [2.75, 3.05) is 32.8 Å². The lowest BCUT2D eigenvalue weighted by Crippen LogP contribution is -2.32. The molecule has 0 spiro atoms. The average Bonchev–Trinajstić information content (AvgIpc) is 2.82. The lowest BCUT2D eigenvalue weighted by Gasteiger charge is -2.13. The molecule has 0 saturated carbocycles. The molecule has 0 aliphatic rings. The summed E-state index contributed by atoms with van der Waals surface area (Å²) in [5.41, 5.74) is 0.323. The molecule has 0 saturated heterocycles.